The molecule has 0 saturated carbocycles. The molecule has 21 heavy (non-hydrogen) atoms. The van der Waals surface area contributed by atoms with Crippen molar-refractivity contribution in [2.75, 3.05) is 5.75 Å². The highest BCUT2D eigenvalue weighted by molar-refractivity contribution is 7.85. The third-order valence-corrected chi connectivity index (χ3v) is 4.68. The van der Waals surface area contributed by atoms with E-state index in [9.17, 15) is 4.21 Å². The molecule has 0 saturated heterocycles. The monoisotopic (exact) mass is 300 g/mol. The summed E-state index contributed by atoms with van der Waals surface area (Å²) in [7, 11) is 0.830. The van der Waals surface area contributed by atoms with Crippen LogP contribution in [0.3, 0.4) is 0 Å². The molecule has 3 aromatic rings. The van der Waals surface area contributed by atoms with Crippen molar-refractivity contribution in [3.05, 3.63) is 36.2 Å². The molecule has 6 heteroatoms. The largest absolute Gasteiger partial charge is 0.310 e. The van der Waals surface area contributed by atoms with E-state index in [0.717, 1.165) is 21.6 Å². The Hall–Kier alpha value is -2.08. The minimum atomic E-state index is -1.07. The molecule has 0 aliphatic carbocycles. The molecule has 3 rings (SSSR count). The number of rotatable bonds is 3. The summed E-state index contributed by atoms with van der Waals surface area (Å²) >= 11 is 0. The van der Waals surface area contributed by atoms with E-state index in [1.54, 1.807) is 12.3 Å². The fourth-order valence-corrected chi connectivity index (χ4v) is 3.19. The first kappa shape index (κ1) is 13.9. The number of fused-ring (bicyclic) bond motifs is 1. The molecule has 0 aliphatic heterocycles. The number of pyridine rings is 2. The number of aromatic nitrogens is 4. The Morgan fingerprint density at radius 1 is 1.33 bits per heavy atom. The molecule has 1 atom stereocenters. The molecule has 0 N–H and O–H groups in total. The first-order valence-electron chi connectivity index (χ1n) is 6.74. The Labute approximate surface area is 125 Å². The third-order valence-electron chi connectivity index (χ3n) is 3.34. The summed E-state index contributed by atoms with van der Waals surface area (Å²) in [5, 5.41) is 0. The molecule has 3 aromatic heterocycles. The van der Waals surface area contributed by atoms with Gasteiger partial charge in [0.1, 0.15) is 11.2 Å². The highest BCUT2D eigenvalue weighted by Crippen LogP contribution is 2.26. The summed E-state index contributed by atoms with van der Waals surface area (Å²) in [5.74, 6) is 1.25. The maximum Gasteiger partial charge on any atom is 0.162 e. The summed E-state index contributed by atoms with van der Waals surface area (Å²) in [5.41, 5.74) is 3.35. The molecule has 0 aromatic carbocycles. The summed E-state index contributed by atoms with van der Waals surface area (Å²) in [6, 6.07) is 5.64. The van der Waals surface area contributed by atoms with E-state index < -0.39 is 10.8 Å². The van der Waals surface area contributed by atoms with Crippen LogP contribution in [-0.2, 0) is 17.8 Å². The minimum absolute atomic E-state index is 0.556. The maximum absolute atomic E-state index is 12.2. The van der Waals surface area contributed by atoms with Crippen LogP contribution in [0.1, 0.15) is 12.5 Å². The van der Waals surface area contributed by atoms with Gasteiger partial charge in [-0.15, -0.1) is 0 Å². The van der Waals surface area contributed by atoms with Gasteiger partial charge >= 0.3 is 0 Å². The average Bonchev–Trinajstić information content (AvgIpc) is 2.82. The van der Waals surface area contributed by atoms with Crippen molar-refractivity contribution in [3.8, 4) is 11.5 Å². The van der Waals surface area contributed by atoms with Crippen molar-refractivity contribution < 1.29 is 4.21 Å². The zero-order chi connectivity index (χ0) is 15.0. The first-order valence-corrected chi connectivity index (χ1v) is 8.06. The second-order valence-corrected chi connectivity index (χ2v) is 6.54. The lowest BCUT2D eigenvalue weighted by Crippen LogP contribution is -2.02. The van der Waals surface area contributed by atoms with Gasteiger partial charge in [0.25, 0.3) is 0 Å². The zero-order valence-corrected chi connectivity index (χ0v) is 13.0. The fourth-order valence-electron chi connectivity index (χ4n) is 2.29. The van der Waals surface area contributed by atoms with Crippen LogP contribution in [0.15, 0.2) is 35.5 Å². The lowest BCUT2D eigenvalue weighted by atomic mass is 10.3. The van der Waals surface area contributed by atoms with Gasteiger partial charge < -0.3 is 4.57 Å². The SMILES string of the molecule is CCS(=O)c1cccnc1-c1nc2cc(C)cnc2n1C. The van der Waals surface area contributed by atoms with Crippen LogP contribution in [0.25, 0.3) is 22.7 Å². The van der Waals surface area contributed by atoms with Crippen molar-refractivity contribution in [1.82, 2.24) is 19.5 Å². The fraction of sp³-hybridized carbons (Fsp3) is 0.267. The first-order chi connectivity index (χ1) is 10.1. The smallest absolute Gasteiger partial charge is 0.162 e. The van der Waals surface area contributed by atoms with E-state index in [2.05, 4.69) is 15.0 Å². The summed E-state index contributed by atoms with van der Waals surface area (Å²) in [6.07, 6.45) is 3.51. The van der Waals surface area contributed by atoms with Gasteiger partial charge in [-0.3, -0.25) is 9.19 Å². The van der Waals surface area contributed by atoms with Crippen LogP contribution in [0.5, 0.6) is 0 Å². The third kappa shape index (κ3) is 2.35. The van der Waals surface area contributed by atoms with Crippen molar-refractivity contribution >= 4 is 22.0 Å². The lowest BCUT2D eigenvalue weighted by Gasteiger charge is -2.06. The predicted molar refractivity (Wildman–Crippen MR) is 83.4 cm³/mol. The van der Waals surface area contributed by atoms with Crippen LogP contribution in [0.4, 0.5) is 0 Å². The molecule has 0 amide bonds. The zero-order valence-electron chi connectivity index (χ0n) is 12.2. The molecule has 0 bridgehead atoms. The van der Waals surface area contributed by atoms with Crippen molar-refractivity contribution in [3.63, 3.8) is 0 Å². The van der Waals surface area contributed by atoms with Crippen molar-refractivity contribution in [1.29, 1.82) is 0 Å². The maximum atomic E-state index is 12.2. The molecule has 0 aliphatic rings. The van der Waals surface area contributed by atoms with Crippen LogP contribution >= 0.6 is 0 Å². The number of aryl methyl sites for hydroxylation is 2. The normalized spacial score (nSPS) is 12.7. The van der Waals surface area contributed by atoms with Gasteiger partial charge in [0, 0.05) is 25.2 Å². The molecular weight excluding hydrogens is 284 g/mol. The average molecular weight is 300 g/mol. The molecule has 0 fully saturated rings. The Balaban J connectivity index is 2.26. The van der Waals surface area contributed by atoms with Gasteiger partial charge in [-0.05, 0) is 30.7 Å². The quantitative estimate of drug-likeness (QED) is 0.745. The van der Waals surface area contributed by atoms with Gasteiger partial charge in [0.2, 0.25) is 0 Å². The Kier molecular flexibility index (Phi) is 3.55. The Morgan fingerprint density at radius 2 is 2.14 bits per heavy atom. The van der Waals surface area contributed by atoms with E-state index in [1.807, 2.05) is 43.8 Å². The van der Waals surface area contributed by atoms with Crippen LogP contribution in [0, 0.1) is 6.92 Å². The van der Waals surface area contributed by atoms with E-state index in [1.165, 1.54) is 0 Å². The summed E-state index contributed by atoms with van der Waals surface area (Å²) in [6.45, 7) is 3.88. The number of imidazole rings is 1. The van der Waals surface area contributed by atoms with Gasteiger partial charge in [0.05, 0.1) is 15.7 Å². The Morgan fingerprint density at radius 3 is 2.90 bits per heavy atom. The van der Waals surface area contributed by atoms with Gasteiger partial charge in [-0.1, -0.05) is 6.92 Å². The van der Waals surface area contributed by atoms with E-state index in [0.29, 0.717) is 17.3 Å². The second-order valence-electron chi connectivity index (χ2n) is 4.83. The molecular formula is C15H16N4OS. The Bertz CT molecular complexity index is 841. The molecule has 5 nitrogen and oxygen atoms in total. The second kappa shape index (κ2) is 5.37. The van der Waals surface area contributed by atoms with Crippen LogP contribution in [0.2, 0.25) is 0 Å². The van der Waals surface area contributed by atoms with E-state index in [4.69, 9.17) is 0 Å². The van der Waals surface area contributed by atoms with Crippen LogP contribution in [-0.4, -0.2) is 29.5 Å². The van der Waals surface area contributed by atoms with Crippen molar-refractivity contribution in [2.45, 2.75) is 18.7 Å². The van der Waals surface area contributed by atoms with Gasteiger partial charge in [-0.25, -0.2) is 9.97 Å². The molecule has 0 radical (unpaired) electrons. The molecule has 0 spiro atoms. The number of hydrogen-bond donors (Lipinski definition) is 0. The number of hydrogen-bond acceptors (Lipinski definition) is 4. The topological polar surface area (TPSA) is 60.7 Å². The number of nitrogens with zero attached hydrogens (tertiary/aromatic N) is 4. The van der Waals surface area contributed by atoms with Gasteiger partial charge in [0.15, 0.2) is 11.5 Å². The summed E-state index contributed by atoms with van der Waals surface area (Å²) < 4.78 is 14.1. The highest BCUT2D eigenvalue weighted by atomic mass is 32.2. The highest BCUT2D eigenvalue weighted by Gasteiger charge is 2.17. The summed E-state index contributed by atoms with van der Waals surface area (Å²) in [4.78, 5) is 14.2. The van der Waals surface area contributed by atoms with E-state index >= 15 is 0 Å². The van der Waals surface area contributed by atoms with Crippen LogP contribution < -0.4 is 0 Å². The molecule has 1 unspecified atom stereocenters. The minimum Gasteiger partial charge on any atom is -0.310 e. The van der Waals surface area contributed by atoms with Crippen molar-refractivity contribution in [2.24, 2.45) is 7.05 Å². The molecule has 3 heterocycles. The standard InChI is InChI=1S/C15H16N4OS/c1-4-21(20)12-6-5-7-16-13(12)15-18-11-8-10(2)9-17-14(11)19(15)3/h5-9H,4H2,1-3H3. The van der Waals surface area contributed by atoms with E-state index in [-0.39, 0.29) is 0 Å². The predicted octanol–water partition coefficient (Wildman–Crippen LogP) is 2.47. The lowest BCUT2D eigenvalue weighted by molar-refractivity contribution is 0.683. The molecule has 108 valence electrons. The van der Waals surface area contributed by atoms with Gasteiger partial charge in [-0.2, -0.15) is 0 Å².